The fourth-order valence-electron chi connectivity index (χ4n) is 2.07. The van der Waals surface area contributed by atoms with Crippen LogP contribution in [0.5, 0.6) is 0 Å². The van der Waals surface area contributed by atoms with Crippen molar-refractivity contribution in [3.63, 3.8) is 0 Å². The first-order chi connectivity index (χ1) is 7.61. The van der Waals surface area contributed by atoms with E-state index < -0.39 is 0 Å². The van der Waals surface area contributed by atoms with Gasteiger partial charge in [-0.1, -0.05) is 24.3 Å². The molecule has 0 aromatic rings. The first-order valence-corrected chi connectivity index (χ1v) is 5.46. The molecule has 1 saturated heterocycles. The van der Waals surface area contributed by atoms with Gasteiger partial charge in [-0.05, 0) is 14.1 Å². The molecular formula is C12H16N2O2. The van der Waals surface area contributed by atoms with Crippen LogP contribution in [-0.4, -0.2) is 48.8 Å². The van der Waals surface area contributed by atoms with Gasteiger partial charge >= 0.3 is 0 Å². The number of nitrogens with zero attached hydrogens (tertiary/aromatic N) is 2. The normalized spacial score (nSPS) is 28.1. The van der Waals surface area contributed by atoms with Crippen LogP contribution in [0.1, 0.15) is 0 Å². The lowest BCUT2D eigenvalue weighted by Crippen LogP contribution is -2.36. The number of hydrogen-bond donors (Lipinski definition) is 0. The Morgan fingerprint density at radius 3 is 2.06 bits per heavy atom. The third-order valence-corrected chi connectivity index (χ3v) is 3.01. The zero-order valence-corrected chi connectivity index (χ0v) is 9.59. The van der Waals surface area contributed by atoms with Crippen LogP contribution in [0, 0.1) is 11.8 Å². The Bertz CT molecular complexity index is 341. The largest absolute Gasteiger partial charge is 0.308 e. The second-order valence-electron chi connectivity index (χ2n) is 4.45. The third kappa shape index (κ3) is 1.80. The topological polar surface area (TPSA) is 40.6 Å². The SMILES string of the molecule is CN(C)CCN1C(=O)C2C=CC=CC2C1=O. The van der Waals surface area contributed by atoms with E-state index in [0.29, 0.717) is 13.1 Å². The summed E-state index contributed by atoms with van der Waals surface area (Å²) in [5, 5.41) is 0. The minimum Gasteiger partial charge on any atom is -0.308 e. The Labute approximate surface area is 95.2 Å². The molecule has 0 radical (unpaired) electrons. The van der Waals surface area contributed by atoms with Gasteiger partial charge in [0.15, 0.2) is 0 Å². The lowest BCUT2D eigenvalue weighted by molar-refractivity contribution is -0.139. The van der Waals surface area contributed by atoms with Gasteiger partial charge in [-0.2, -0.15) is 0 Å². The maximum Gasteiger partial charge on any atom is 0.237 e. The highest BCUT2D eigenvalue weighted by atomic mass is 16.2. The number of carbonyl (C=O) groups is 2. The molecule has 16 heavy (non-hydrogen) atoms. The van der Waals surface area contributed by atoms with E-state index in [-0.39, 0.29) is 23.7 Å². The first kappa shape index (κ1) is 11.1. The van der Waals surface area contributed by atoms with Crippen LogP contribution in [0.25, 0.3) is 0 Å². The van der Waals surface area contributed by atoms with Gasteiger partial charge < -0.3 is 4.90 Å². The standard InChI is InChI=1S/C12H16N2O2/c1-13(2)7-8-14-11(15)9-5-3-4-6-10(9)12(14)16/h3-6,9-10H,7-8H2,1-2H3. The number of likely N-dealkylation sites (tertiary alicyclic amines) is 1. The number of hydrogen-bond acceptors (Lipinski definition) is 3. The summed E-state index contributed by atoms with van der Waals surface area (Å²) >= 11 is 0. The number of fused-ring (bicyclic) bond motifs is 1. The Morgan fingerprint density at radius 2 is 1.62 bits per heavy atom. The molecule has 4 heteroatoms. The van der Waals surface area contributed by atoms with Gasteiger partial charge in [0, 0.05) is 13.1 Å². The first-order valence-electron chi connectivity index (χ1n) is 5.46. The van der Waals surface area contributed by atoms with Crippen molar-refractivity contribution in [3.8, 4) is 0 Å². The van der Waals surface area contributed by atoms with Gasteiger partial charge in [0.05, 0.1) is 11.8 Å². The second-order valence-corrected chi connectivity index (χ2v) is 4.45. The number of likely N-dealkylation sites (N-methyl/N-ethyl adjacent to an activating group) is 1. The van der Waals surface area contributed by atoms with Gasteiger partial charge in [0.25, 0.3) is 0 Å². The van der Waals surface area contributed by atoms with Crippen molar-refractivity contribution in [3.05, 3.63) is 24.3 Å². The van der Waals surface area contributed by atoms with Crippen molar-refractivity contribution in [2.24, 2.45) is 11.8 Å². The molecule has 0 spiro atoms. The molecule has 0 bridgehead atoms. The van der Waals surface area contributed by atoms with E-state index in [1.54, 1.807) is 0 Å². The maximum absolute atomic E-state index is 12.0. The fourth-order valence-corrected chi connectivity index (χ4v) is 2.07. The monoisotopic (exact) mass is 220 g/mol. The average Bonchev–Trinajstić information content (AvgIpc) is 2.50. The Kier molecular flexibility index (Phi) is 2.92. The molecule has 2 amide bonds. The third-order valence-electron chi connectivity index (χ3n) is 3.01. The van der Waals surface area contributed by atoms with E-state index >= 15 is 0 Å². The molecule has 0 N–H and O–H groups in total. The molecule has 0 saturated carbocycles. The Morgan fingerprint density at radius 1 is 1.12 bits per heavy atom. The van der Waals surface area contributed by atoms with Crippen LogP contribution in [0.2, 0.25) is 0 Å². The molecule has 86 valence electrons. The van der Waals surface area contributed by atoms with Crippen LogP contribution in [0.3, 0.4) is 0 Å². The number of allylic oxidation sites excluding steroid dienone is 2. The van der Waals surface area contributed by atoms with Crippen molar-refractivity contribution < 1.29 is 9.59 Å². The number of rotatable bonds is 3. The molecule has 1 aliphatic carbocycles. The van der Waals surface area contributed by atoms with Gasteiger partial charge in [-0.25, -0.2) is 0 Å². The van der Waals surface area contributed by atoms with E-state index in [2.05, 4.69) is 0 Å². The fraction of sp³-hybridized carbons (Fsp3) is 0.500. The van der Waals surface area contributed by atoms with E-state index in [9.17, 15) is 9.59 Å². The highest BCUT2D eigenvalue weighted by molar-refractivity contribution is 6.07. The summed E-state index contributed by atoms with van der Waals surface area (Å²) in [4.78, 5) is 27.3. The minimum atomic E-state index is -0.264. The zero-order valence-electron chi connectivity index (χ0n) is 9.59. The van der Waals surface area contributed by atoms with Gasteiger partial charge in [0.1, 0.15) is 0 Å². The minimum absolute atomic E-state index is 0.0579. The summed E-state index contributed by atoms with van der Waals surface area (Å²) in [6, 6.07) is 0. The smallest absolute Gasteiger partial charge is 0.237 e. The van der Waals surface area contributed by atoms with Crippen molar-refractivity contribution in [1.82, 2.24) is 9.80 Å². The molecule has 1 aliphatic heterocycles. The average molecular weight is 220 g/mol. The van der Waals surface area contributed by atoms with Crippen LogP contribution >= 0.6 is 0 Å². The quantitative estimate of drug-likeness (QED) is 0.641. The number of amides is 2. The van der Waals surface area contributed by atoms with Crippen molar-refractivity contribution in [2.45, 2.75) is 0 Å². The van der Waals surface area contributed by atoms with Crippen molar-refractivity contribution in [2.75, 3.05) is 27.2 Å². The number of carbonyl (C=O) groups excluding carboxylic acids is 2. The number of imide groups is 1. The van der Waals surface area contributed by atoms with Crippen molar-refractivity contribution >= 4 is 11.8 Å². The Hall–Kier alpha value is -1.42. The van der Waals surface area contributed by atoms with E-state index in [1.807, 2.05) is 43.3 Å². The lowest BCUT2D eigenvalue weighted by Gasteiger charge is -2.17. The summed E-state index contributed by atoms with van der Waals surface area (Å²) in [5.74, 6) is -0.644. The lowest BCUT2D eigenvalue weighted by atomic mass is 9.91. The maximum atomic E-state index is 12.0. The van der Waals surface area contributed by atoms with E-state index in [1.165, 1.54) is 4.90 Å². The van der Waals surface area contributed by atoms with Gasteiger partial charge in [-0.3, -0.25) is 14.5 Å². The summed E-state index contributed by atoms with van der Waals surface area (Å²) in [5.41, 5.74) is 0. The van der Waals surface area contributed by atoms with E-state index in [4.69, 9.17) is 0 Å². The predicted molar refractivity (Wildman–Crippen MR) is 60.5 cm³/mol. The van der Waals surface area contributed by atoms with Gasteiger partial charge in [-0.15, -0.1) is 0 Å². The van der Waals surface area contributed by atoms with Gasteiger partial charge in [0.2, 0.25) is 11.8 Å². The molecule has 4 nitrogen and oxygen atoms in total. The van der Waals surface area contributed by atoms with Crippen LogP contribution in [-0.2, 0) is 9.59 Å². The second kappa shape index (κ2) is 4.22. The molecule has 1 heterocycles. The van der Waals surface area contributed by atoms with Crippen molar-refractivity contribution in [1.29, 1.82) is 0 Å². The van der Waals surface area contributed by atoms with Crippen LogP contribution in [0.4, 0.5) is 0 Å². The molecule has 1 fully saturated rings. The summed E-state index contributed by atoms with van der Waals surface area (Å²) in [6.45, 7) is 1.20. The Balaban J connectivity index is 2.10. The van der Waals surface area contributed by atoms with E-state index in [0.717, 1.165) is 0 Å². The molecule has 2 aliphatic rings. The molecular weight excluding hydrogens is 204 g/mol. The molecule has 0 aromatic carbocycles. The molecule has 2 unspecified atom stereocenters. The molecule has 2 rings (SSSR count). The van der Waals surface area contributed by atoms with Crippen LogP contribution in [0.15, 0.2) is 24.3 Å². The summed E-state index contributed by atoms with van der Waals surface area (Å²) in [7, 11) is 3.86. The highest BCUT2D eigenvalue weighted by Gasteiger charge is 2.45. The predicted octanol–water partition coefficient (Wildman–Crippen LogP) is 0.275. The summed E-state index contributed by atoms with van der Waals surface area (Å²) in [6.07, 6.45) is 7.31. The molecule has 2 atom stereocenters. The molecule has 0 aromatic heterocycles. The highest BCUT2D eigenvalue weighted by Crippen LogP contribution is 2.30. The zero-order chi connectivity index (χ0) is 11.7. The summed E-state index contributed by atoms with van der Waals surface area (Å²) < 4.78 is 0. The van der Waals surface area contributed by atoms with Crippen LogP contribution < -0.4 is 0 Å².